The van der Waals surface area contributed by atoms with Crippen LogP contribution in [-0.2, 0) is 0 Å². The SMILES string of the molecule is ClCCN(CCCl)c1nc(Cl)c(C2CC(c3ccc4c(c3)OCO4)=NN2c2ccccc2)s1. The van der Waals surface area contributed by atoms with Crippen molar-refractivity contribution in [1.82, 2.24) is 4.98 Å². The van der Waals surface area contributed by atoms with E-state index in [1.54, 1.807) is 11.3 Å². The summed E-state index contributed by atoms with van der Waals surface area (Å²) in [6, 6.07) is 15.9. The number of anilines is 2. The molecular weight excluding hydrogens is 503 g/mol. The molecule has 33 heavy (non-hydrogen) atoms. The van der Waals surface area contributed by atoms with Crippen LogP contribution in [0.15, 0.2) is 53.6 Å². The van der Waals surface area contributed by atoms with Crippen LogP contribution < -0.4 is 19.4 Å². The fraction of sp³-hybridized carbons (Fsp3) is 0.304. The highest BCUT2D eigenvalue weighted by Crippen LogP contribution is 2.44. The number of aromatic nitrogens is 1. The molecule has 0 N–H and O–H groups in total. The van der Waals surface area contributed by atoms with E-state index in [1.165, 1.54) is 0 Å². The predicted octanol–water partition coefficient (Wildman–Crippen LogP) is 6.16. The van der Waals surface area contributed by atoms with E-state index in [0.29, 0.717) is 36.4 Å². The first-order valence-electron chi connectivity index (χ1n) is 10.5. The van der Waals surface area contributed by atoms with E-state index in [2.05, 4.69) is 9.88 Å². The van der Waals surface area contributed by atoms with Gasteiger partial charge >= 0.3 is 0 Å². The first-order valence-corrected chi connectivity index (χ1v) is 12.8. The zero-order chi connectivity index (χ0) is 22.8. The van der Waals surface area contributed by atoms with Crippen molar-refractivity contribution in [3.63, 3.8) is 0 Å². The lowest BCUT2D eigenvalue weighted by Gasteiger charge is -2.23. The third kappa shape index (κ3) is 4.60. The normalized spacial score (nSPS) is 16.9. The maximum atomic E-state index is 6.69. The Balaban J connectivity index is 1.50. The maximum Gasteiger partial charge on any atom is 0.231 e. The number of fused-ring (bicyclic) bond motifs is 1. The molecule has 10 heteroatoms. The van der Waals surface area contributed by atoms with E-state index in [4.69, 9.17) is 49.4 Å². The van der Waals surface area contributed by atoms with Gasteiger partial charge in [-0.25, -0.2) is 4.98 Å². The molecule has 0 fully saturated rings. The summed E-state index contributed by atoms with van der Waals surface area (Å²) in [7, 11) is 0. The van der Waals surface area contributed by atoms with Gasteiger partial charge in [-0.05, 0) is 30.3 Å². The summed E-state index contributed by atoms with van der Waals surface area (Å²) in [6.45, 7) is 1.55. The van der Waals surface area contributed by atoms with Gasteiger partial charge in [0.05, 0.1) is 22.3 Å². The molecule has 3 aromatic rings. The Bertz CT molecular complexity index is 1150. The zero-order valence-corrected chi connectivity index (χ0v) is 20.7. The van der Waals surface area contributed by atoms with Crippen molar-refractivity contribution in [3.05, 3.63) is 64.1 Å². The second-order valence-electron chi connectivity index (χ2n) is 7.53. The van der Waals surface area contributed by atoms with Crippen LogP contribution in [0.25, 0.3) is 0 Å². The first-order chi connectivity index (χ1) is 16.2. The van der Waals surface area contributed by atoms with E-state index >= 15 is 0 Å². The van der Waals surface area contributed by atoms with Gasteiger partial charge in [0.15, 0.2) is 16.6 Å². The van der Waals surface area contributed by atoms with Crippen LogP contribution in [0.4, 0.5) is 10.8 Å². The Labute approximate surface area is 211 Å². The van der Waals surface area contributed by atoms with Gasteiger partial charge in [-0.1, -0.05) is 41.1 Å². The molecule has 2 aromatic carbocycles. The van der Waals surface area contributed by atoms with Gasteiger partial charge in [0.1, 0.15) is 5.15 Å². The van der Waals surface area contributed by atoms with Gasteiger partial charge in [0.2, 0.25) is 6.79 Å². The highest BCUT2D eigenvalue weighted by Gasteiger charge is 2.34. The first kappa shape index (κ1) is 22.6. The van der Waals surface area contributed by atoms with E-state index in [0.717, 1.165) is 38.5 Å². The fourth-order valence-electron chi connectivity index (χ4n) is 3.93. The minimum atomic E-state index is -0.0829. The molecule has 0 aliphatic carbocycles. The van der Waals surface area contributed by atoms with Crippen LogP contribution in [0.3, 0.4) is 0 Å². The van der Waals surface area contributed by atoms with Gasteiger partial charge in [-0.2, -0.15) is 5.10 Å². The van der Waals surface area contributed by atoms with Crippen molar-refractivity contribution in [2.75, 3.05) is 41.6 Å². The summed E-state index contributed by atoms with van der Waals surface area (Å²) in [4.78, 5) is 7.68. The van der Waals surface area contributed by atoms with Crippen molar-refractivity contribution in [3.8, 4) is 11.5 Å². The lowest BCUT2D eigenvalue weighted by Crippen LogP contribution is -2.27. The van der Waals surface area contributed by atoms with Crippen LogP contribution in [0, 0.1) is 0 Å². The van der Waals surface area contributed by atoms with Crippen molar-refractivity contribution in [2.45, 2.75) is 12.5 Å². The smallest absolute Gasteiger partial charge is 0.231 e. The molecule has 0 saturated carbocycles. The molecule has 0 radical (unpaired) electrons. The quantitative estimate of drug-likeness (QED) is 0.331. The second-order valence-corrected chi connectivity index (χ2v) is 9.65. The molecule has 1 aromatic heterocycles. The third-order valence-electron chi connectivity index (χ3n) is 5.52. The number of ether oxygens (including phenoxy) is 2. The molecule has 0 amide bonds. The van der Waals surface area contributed by atoms with E-state index in [9.17, 15) is 0 Å². The number of benzene rings is 2. The average Bonchev–Trinajstić information content (AvgIpc) is 3.57. The number of hydrazone groups is 1. The maximum absolute atomic E-state index is 6.69. The number of hydrogen-bond donors (Lipinski definition) is 0. The molecule has 0 bridgehead atoms. The highest BCUT2D eigenvalue weighted by atomic mass is 35.5. The fourth-order valence-corrected chi connectivity index (χ4v) is 5.81. The molecule has 2 aliphatic heterocycles. The Morgan fingerprint density at radius 3 is 2.55 bits per heavy atom. The van der Waals surface area contributed by atoms with Crippen molar-refractivity contribution >= 4 is 62.7 Å². The van der Waals surface area contributed by atoms with Gasteiger partial charge in [0.25, 0.3) is 0 Å². The number of hydrogen-bond acceptors (Lipinski definition) is 7. The molecule has 0 saturated heterocycles. The van der Waals surface area contributed by atoms with Gasteiger partial charge in [-0.3, -0.25) is 5.01 Å². The van der Waals surface area contributed by atoms with Crippen molar-refractivity contribution in [2.24, 2.45) is 5.10 Å². The van der Waals surface area contributed by atoms with E-state index in [1.807, 2.05) is 53.5 Å². The number of thiazole rings is 1. The minimum Gasteiger partial charge on any atom is -0.454 e. The monoisotopic (exact) mass is 522 g/mol. The summed E-state index contributed by atoms with van der Waals surface area (Å²) >= 11 is 20.3. The van der Waals surface area contributed by atoms with Gasteiger partial charge in [0, 0.05) is 36.8 Å². The number of rotatable bonds is 8. The van der Waals surface area contributed by atoms with Crippen LogP contribution in [0.5, 0.6) is 11.5 Å². The molecule has 3 heterocycles. The molecule has 5 rings (SSSR count). The van der Waals surface area contributed by atoms with Crippen LogP contribution in [-0.4, -0.2) is 42.3 Å². The minimum absolute atomic E-state index is 0.0829. The predicted molar refractivity (Wildman–Crippen MR) is 136 cm³/mol. The molecular formula is C23H21Cl3N4O2S. The van der Waals surface area contributed by atoms with Crippen molar-refractivity contribution in [1.29, 1.82) is 0 Å². The number of halogens is 3. The zero-order valence-electron chi connectivity index (χ0n) is 17.6. The van der Waals surface area contributed by atoms with Crippen molar-refractivity contribution < 1.29 is 9.47 Å². The van der Waals surface area contributed by atoms with Crippen LogP contribution in [0.2, 0.25) is 5.15 Å². The Morgan fingerprint density at radius 1 is 1.03 bits per heavy atom. The summed E-state index contributed by atoms with van der Waals surface area (Å²) in [5.74, 6) is 2.46. The van der Waals surface area contributed by atoms with E-state index in [-0.39, 0.29) is 12.8 Å². The van der Waals surface area contributed by atoms with Gasteiger partial charge < -0.3 is 14.4 Å². The topological polar surface area (TPSA) is 50.2 Å². The lowest BCUT2D eigenvalue weighted by atomic mass is 10.0. The van der Waals surface area contributed by atoms with E-state index < -0.39 is 0 Å². The second kappa shape index (κ2) is 9.97. The molecule has 6 nitrogen and oxygen atoms in total. The molecule has 2 aliphatic rings. The number of alkyl halides is 2. The Hall–Kier alpha value is -2.19. The summed E-state index contributed by atoms with van der Waals surface area (Å²) in [5, 5.41) is 8.33. The standard InChI is InChI=1S/C23H21Cl3N4O2S/c24-8-10-29(11-9-25)23-27-22(26)21(33-23)18-13-17(28-30(18)16-4-2-1-3-5-16)15-6-7-19-20(12-15)32-14-31-19/h1-7,12,18H,8-11,13-14H2. The molecule has 1 atom stereocenters. The Morgan fingerprint density at radius 2 is 1.79 bits per heavy atom. The molecule has 1 unspecified atom stereocenters. The number of nitrogens with zero attached hydrogens (tertiary/aromatic N) is 4. The number of para-hydroxylation sites is 1. The van der Waals surface area contributed by atoms with Gasteiger partial charge in [-0.15, -0.1) is 23.2 Å². The summed E-state index contributed by atoms with van der Waals surface area (Å²) in [6.07, 6.45) is 0.681. The Kier molecular flexibility index (Phi) is 6.83. The van der Waals surface area contributed by atoms with Crippen LogP contribution in [0.1, 0.15) is 22.9 Å². The van der Waals surface area contributed by atoms with Crippen LogP contribution >= 0.6 is 46.1 Å². The summed E-state index contributed by atoms with van der Waals surface area (Å²) in [5.41, 5.74) is 2.93. The third-order valence-corrected chi connectivity index (χ3v) is 7.47. The largest absolute Gasteiger partial charge is 0.454 e. The summed E-state index contributed by atoms with van der Waals surface area (Å²) < 4.78 is 11.0. The lowest BCUT2D eigenvalue weighted by molar-refractivity contribution is 0.174. The molecule has 0 spiro atoms. The molecule has 172 valence electrons. The highest BCUT2D eigenvalue weighted by molar-refractivity contribution is 7.16. The average molecular weight is 524 g/mol.